The molecular weight excluding hydrogens is 267 g/mol. The second kappa shape index (κ2) is 10.3. The number of aliphatic hydroxyl groups excluding tert-OH is 1. The van der Waals surface area contributed by atoms with Crippen LogP contribution in [0.1, 0.15) is 52.4 Å². The number of hydrogen-bond donors (Lipinski definition) is 1. The number of ketones is 1. The molecule has 7 heteroatoms. The van der Waals surface area contributed by atoms with Crippen LogP contribution in [0.5, 0.6) is 0 Å². The summed E-state index contributed by atoms with van der Waals surface area (Å²) >= 11 is 0. The fraction of sp³-hybridized carbons (Fsp3) is 0.909. The molecule has 0 saturated carbocycles. The Morgan fingerprint density at radius 3 is 2.17 bits per heavy atom. The first-order valence-corrected chi connectivity index (χ1v) is 7.43. The average molecular weight is 288 g/mol. The molecule has 18 heavy (non-hydrogen) atoms. The summed E-state index contributed by atoms with van der Waals surface area (Å²) in [6.07, 6.45) is 5.07. The van der Waals surface area contributed by atoms with Crippen molar-refractivity contribution in [1.82, 2.24) is 0 Å². The second-order valence-electron chi connectivity index (χ2n) is 4.30. The molecule has 0 fully saturated rings. The number of unbranched alkanes of at least 4 members (excludes halogenated alkanes) is 4. The summed E-state index contributed by atoms with van der Waals surface area (Å²) in [5.74, 6) is -1.50. The largest absolute Gasteiger partial charge is 1.00 e. The quantitative estimate of drug-likeness (QED) is 0.314. The number of Topliss-reactive ketones (excluding diaryl/α,β-unsaturated/α-hetero) is 1. The Balaban J connectivity index is 0. The van der Waals surface area contributed by atoms with Crippen LogP contribution in [0, 0.1) is 5.92 Å². The van der Waals surface area contributed by atoms with E-state index in [0.717, 1.165) is 25.7 Å². The maximum Gasteiger partial charge on any atom is 1.00 e. The van der Waals surface area contributed by atoms with Gasteiger partial charge in [-0.3, -0.25) is 4.79 Å². The maximum atomic E-state index is 11.5. The first-order valence-electron chi connectivity index (χ1n) is 5.96. The van der Waals surface area contributed by atoms with E-state index in [0.29, 0.717) is 6.42 Å². The van der Waals surface area contributed by atoms with Gasteiger partial charge in [0.25, 0.3) is 0 Å². The third-order valence-electron chi connectivity index (χ3n) is 2.76. The molecule has 0 saturated heterocycles. The molecule has 0 rings (SSSR count). The van der Waals surface area contributed by atoms with Crippen LogP contribution in [0.3, 0.4) is 0 Å². The summed E-state index contributed by atoms with van der Waals surface area (Å²) in [4.78, 5) is 11.5. The van der Waals surface area contributed by atoms with E-state index in [2.05, 4.69) is 6.92 Å². The van der Waals surface area contributed by atoms with Crippen molar-refractivity contribution in [3.05, 3.63) is 0 Å². The molecule has 0 aliphatic carbocycles. The normalized spacial score (nSPS) is 14.7. The third kappa shape index (κ3) is 8.61. The monoisotopic (exact) mass is 288 g/mol. The SMILES string of the molecule is CCCCCCCC(=O)C(C)C(O)S(=O)(=O)[O-].[Na+]. The van der Waals surface area contributed by atoms with Crippen LogP contribution in [0.15, 0.2) is 0 Å². The first-order chi connectivity index (χ1) is 7.80. The van der Waals surface area contributed by atoms with Crippen LogP contribution in [0.2, 0.25) is 0 Å². The number of carbonyl (C=O) groups is 1. The van der Waals surface area contributed by atoms with Crippen molar-refractivity contribution in [1.29, 1.82) is 0 Å². The minimum Gasteiger partial charge on any atom is -0.746 e. The molecule has 102 valence electrons. The molecule has 0 aromatic rings. The number of aliphatic hydroxyl groups is 1. The van der Waals surface area contributed by atoms with E-state index in [1.807, 2.05) is 0 Å². The van der Waals surface area contributed by atoms with E-state index in [-0.39, 0.29) is 41.8 Å². The van der Waals surface area contributed by atoms with Crippen LogP contribution in [-0.2, 0) is 14.9 Å². The predicted octanol–water partition coefficient (Wildman–Crippen LogP) is -1.58. The van der Waals surface area contributed by atoms with Gasteiger partial charge in [-0.05, 0) is 6.42 Å². The molecule has 0 aliphatic heterocycles. The minimum atomic E-state index is -4.80. The fourth-order valence-corrected chi connectivity index (χ4v) is 2.19. The van der Waals surface area contributed by atoms with Crippen molar-refractivity contribution in [2.45, 2.75) is 57.8 Å². The first kappa shape index (κ1) is 20.8. The van der Waals surface area contributed by atoms with E-state index >= 15 is 0 Å². The van der Waals surface area contributed by atoms with Crippen LogP contribution >= 0.6 is 0 Å². The molecule has 0 aromatic heterocycles. The number of rotatable bonds is 9. The van der Waals surface area contributed by atoms with Gasteiger partial charge in [0.05, 0.1) is 5.92 Å². The standard InChI is InChI=1S/C11H22O5S.Na/c1-3-4-5-6-7-8-10(12)9(2)11(13)17(14,15)16;/h9,11,13H,3-8H2,1-2H3,(H,14,15,16);/q;+1/p-1. The van der Waals surface area contributed by atoms with Crippen molar-refractivity contribution in [2.75, 3.05) is 0 Å². The summed E-state index contributed by atoms with van der Waals surface area (Å²) in [7, 11) is -4.80. The molecule has 2 unspecified atom stereocenters. The van der Waals surface area contributed by atoms with Crippen LogP contribution < -0.4 is 29.6 Å². The second-order valence-corrected chi connectivity index (χ2v) is 5.77. The van der Waals surface area contributed by atoms with Crippen LogP contribution in [0.25, 0.3) is 0 Å². The molecular formula is C11H21NaO5S. The Morgan fingerprint density at radius 2 is 1.72 bits per heavy atom. The topological polar surface area (TPSA) is 94.5 Å². The van der Waals surface area contributed by atoms with Gasteiger partial charge in [0.2, 0.25) is 0 Å². The zero-order chi connectivity index (χ0) is 13.5. The Bertz CT molecular complexity index is 328. The summed E-state index contributed by atoms with van der Waals surface area (Å²) < 4.78 is 31.6. The van der Waals surface area contributed by atoms with E-state index < -0.39 is 21.5 Å². The van der Waals surface area contributed by atoms with Crippen molar-refractivity contribution in [3.8, 4) is 0 Å². The van der Waals surface area contributed by atoms with Crippen molar-refractivity contribution in [3.63, 3.8) is 0 Å². The van der Waals surface area contributed by atoms with Crippen LogP contribution in [-0.4, -0.2) is 29.3 Å². The van der Waals surface area contributed by atoms with E-state index in [9.17, 15) is 17.8 Å². The van der Waals surface area contributed by atoms with Gasteiger partial charge < -0.3 is 9.66 Å². The van der Waals surface area contributed by atoms with Gasteiger partial charge in [-0.2, -0.15) is 0 Å². The number of carbonyl (C=O) groups excluding carboxylic acids is 1. The van der Waals surface area contributed by atoms with Gasteiger partial charge in [-0.25, -0.2) is 8.42 Å². The van der Waals surface area contributed by atoms with Crippen LogP contribution in [0.4, 0.5) is 0 Å². The van der Waals surface area contributed by atoms with E-state index in [1.54, 1.807) is 0 Å². The molecule has 0 aliphatic rings. The van der Waals surface area contributed by atoms with Gasteiger partial charge in [-0.1, -0.05) is 39.5 Å². The van der Waals surface area contributed by atoms with Crippen molar-refractivity contribution in [2.24, 2.45) is 5.92 Å². The summed E-state index contributed by atoms with van der Waals surface area (Å²) in [6.45, 7) is 3.36. The van der Waals surface area contributed by atoms with E-state index in [1.165, 1.54) is 6.92 Å². The Morgan fingerprint density at radius 1 is 1.22 bits per heavy atom. The van der Waals surface area contributed by atoms with Crippen molar-refractivity contribution >= 4 is 15.9 Å². The summed E-state index contributed by atoms with van der Waals surface area (Å²) in [5, 5.41) is 9.14. The summed E-state index contributed by atoms with van der Waals surface area (Å²) in [6, 6.07) is 0. The van der Waals surface area contributed by atoms with Gasteiger partial charge in [0.1, 0.15) is 15.9 Å². The molecule has 0 spiro atoms. The zero-order valence-corrected chi connectivity index (χ0v) is 14.2. The smallest absolute Gasteiger partial charge is 0.746 e. The summed E-state index contributed by atoms with van der Waals surface area (Å²) in [5.41, 5.74) is -2.12. The minimum absolute atomic E-state index is 0. The van der Waals surface area contributed by atoms with Gasteiger partial charge in [-0.15, -0.1) is 0 Å². The maximum absolute atomic E-state index is 11.5. The number of hydrogen-bond acceptors (Lipinski definition) is 5. The molecule has 0 aromatic carbocycles. The van der Waals surface area contributed by atoms with Gasteiger partial charge >= 0.3 is 29.6 Å². The molecule has 0 radical (unpaired) electrons. The average Bonchev–Trinajstić information content (AvgIpc) is 2.25. The third-order valence-corrected chi connectivity index (χ3v) is 3.76. The molecule has 1 N–H and O–H groups in total. The Hall–Kier alpha value is 0.540. The zero-order valence-electron chi connectivity index (χ0n) is 11.4. The Labute approximate surface area is 131 Å². The predicted molar refractivity (Wildman–Crippen MR) is 63.3 cm³/mol. The molecule has 0 heterocycles. The van der Waals surface area contributed by atoms with E-state index in [4.69, 9.17) is 5.11 Å². The molecule has 2 atom stereocenters. The molecule has 5 nitrogen and oxygen atoms in total. The van der Waals surface area contributed by atoms with Gasteiger partial charge in [0.15, 0.2) is 5.44 Å². The van der Waals surface area contributed by atoms with Gasteiger partial charge in [0, 0.05) is 6.42 Å². The van der Waals surface area contributed by atoms with Crippen molar-refractivity contribution < 1.29 is 52.4 Å². The molecule has 0 amide bonds. The fourth-order valence-electron chi connectivity index (χ4n) is 1.54. The molecule has 0 bridgehead atoms. The Kier molecular flexibility index (Phi) is 12.0.